The van der Waals surface area contributed by atoms with Gasteiger partial charge >= 0.3 is 0 Å². The van der Waals surface area contributed by atoms with Crippen LogP contribution in [0.3, 0.4) is 0 Å². The van der Waals surface area contributed by atoms with Crippen molar-refractivity contribution in [2.75, 3.05) is 0 Å². The fourth-order valence-corrected chi connectivity index (χ4v) is 4.99. The Morgan fingerprint density at radius 1 is 0.853 bits per heavy atom. The molecule has 0 fully saturated rings. The van der Waals surface area contributed by atoms with E-state index in [0.29, 0.717) is 12.2 Å². The molecule has 0 aliphatic carbocycles. The van der Waals surface area contributed by atoms with Crippen molar-refractivity contribution in [2.45, 2.75) is 20.4 Å². The highest BCUT2D eigenvalue weighted by atomic mass is 32.1. The van der Waals surface area contributed by atoms with E-state index in [4.69, 9.17) is 4.99 Å². The quantitative estimate of drug-likeness (QED) is 0.332. The Labute approximate surface area is 202 Å². The fraction of sp³-hybridized carbons (Fsp3) is 0.143. The summed E-state index contributed by atoms with van der Waals surface area (Å²) in [7, 11) is 1.90. The molecule has 0 atom stereocenters. The smallest absolute Gasteiger partial charge is 0.297 e. The molecule has 5 aromatic rings. The molecule has 3 aromatic carbocycles. The Kier molecular flexibility index (Phi) is 5.90. The van der Waals surface area contributed by atoms with Crippen LogP contribution < -0.4 is 10.4 Å². The van der Waals surface area contributed by atoms with Crippen LogP contribution >= 0.6 is 11.3 Å². The summed E-state index contributed by atoms with van der Waals surface area (Å²) < 4.78 is 5.74. The normalized spacial score (nSPS) is 11.8. The minimum Gasteiger partial charge on any atom is -0.312 e. The third-order valence-electron chi connectivity index (χ3n) is 6.06. The Bertz CT molecular complexity index is 1550. The van der Waals surface area contributed by atoms with Gasteiger partial charge in [-0.3, -0.25) is 9.48 Å². The summed E-state index contributed by atoms with van der Waals surface area (Å²) in [6, 6.07) is 28.5. The molecule has 6 heteroatoms. The molecule has 0 aliphatic rings. The molecule has 5 rings (SSSR count). The summed E-state index contributed by atoms with van der Waals surface area (Å²) in [5.41, 5.74) is 6.61. The molecular formula is C28H26N4OS. The van der Waals surface area contributed by atoms with E-state index in [-0.39, 0.29) is 5.56 Å². The maximum absolute atomic E-state index is 13.4. The zero-order chi connectivity index (χ0) is 23.7. The number of hydrogen-bond donors (Lipinski definition) is 0. The summed E-state index contributed by atoms with van der Waals surface area (Å²) in [6.45, 7) is 4.70. The number of aromatic nitrogens is 3. The molecule has 0 bridgehead atoms. The Balaban J connectivity index is 1.70. The first-order chi connectivity index (χ1) is 16.5. The molecule has 0 spiro atoms. The summed E-state index contributed by atoms with van der Waals surface area (Å²) in [4.78, 5) is 19.2. The number of aryl methyl sites for hydroxylation is 1. The van der Waals surface area contributed by atoms with Gasteiger partial charge in [-0.1, -0.05) is 78.4 Å². The van der Waals surface area contributed by atoms with Gasteiger partial charge in [0.05, 0.1) is 23.6 Å². The molecule has 0 saturated heterocycles. The summed E-state index contributed by atoms with van der Waals surface area (Å²) >= 11 is 1.56. The molecule has 0 amide bonds. The Morgan fingerprint density at radius 3 is 2.18 bits per heavy atom. The predicted octanol–water partition coefficient (Wildman–Crippen LogP) is 5.60. The van der Waals surface area contributed by atoms with Gasteiger partial charge in [0.25, 0.3) is 5.56 Å². The molecule has 0 N–H and O–H groups in total. The van der Waals surface area contributed by atoms with Crippen molar-refractivity contribution >= 4 is 17.0 Å². The summed E-state index contributed by atoms with van der Waals surface area (Å²) in [6.07, 6.45) is 0. The Hall–Kier alpha value is -3.90. The van der Waals surface area contributed by atoms with Crippen molar-refractivity contribution in [1.29, 1.82) is 0 Å². The highest BCUT2D eigenvalue weighted by Crippen LogP contribution is 2.23. The van der Waals surface area contributed by atoms with E-state index >= 15 is 0 Å². The van der Waals surface area contributed by atoms with Crippen molar-refractivity contribution < 1.29 is 0 Å². The van der Waals surface area contributed by atoms with Crippen LogP contribution in [0.5, 0.6) is 0 Å². The third-order valence-corrected chi connectivity index (χ3v) is 6.92. The second-order valence-electron chi connectivity index (χ2n) is 8.36. The van der Waals surface area contributed by atoms with Gasteiger partial charge in [0.15, 0.2) is 10.5 Å². The first-order valence-electron chi connectivity index (χ1n) is 11.2. The standard InChI is InChI=1S/C28H26N4OS/c1-20-14-16-23(17-15-20)25-19-34-28(31(25)18-22-10-6-4-7-11-22)29-26-21(2)30(3)32(27(26)33)24-12-8-5-9-13-24/h4-17,19H,18H2,1-3H3. The van der Waals surface area contributed by atoms with Crippen molar-refractivity contribution in [3.63, 3.8) is 0 Å². The molecule has 170 valence electrons. The molecule has 5 nitrogen and oxygen atoms in total. The topological polar surface area (TPSA) is 44.2 Å². The molecule has 2 heterocycles. The first kappa shape index (κ1) is 21.9. The van der Waals surface area contributed by atoms with Crippen molar-refractivity contribution in [3.8, 4) is 16.9 Å². The third kappa shape index (κ3) is 4.08. The first-order valence-corrected chi connectivity index (χ1v) is 12.1. The fourth-order valence-electron chi connectivity index (χ4n) is 4.07. The van der Waals surface area contributed by atoms with Crippen LogP contribution in [0.2, 0.25) is 0 Å². The lowest BCUT2D eigenvalue weighted by Gasteiger charge is -2.10. The van der Waals surface area contributed by atoms with Crippen LogP contribution in [0.4, 0.5) is 5.69 Å². The molecule has 0 saturated carbocycles. The number of hydrogen-bond acceptors (Lipinski definition) is 3. The number of rotatable bonds is 5. The maximum Gasteiger partial charge on any atom is 0.297 e. The van der Waals surface area contributed by atoms with Gasteiger partial charge in [0.2, 0.25) is 0 Å². The summed E-state index contributed by atoms with van der Waals surface area (Å²) in [5, 5.41) is 2.13. The van der Waals surface area contributed by atoms with E-state index in [1.165, 1.54) is 11.1 Å². The van der Waals surface area contributed by atoms with Crippen LogP contribution in [0.25, 0.3) is 16.9 Å². The molecule has 0 aliphatic heterocycles. The number of benzene rings is 3. The summed E-state index contributed by atoms with van der Waals surface area (Å²) in [5.74, 6) is 0. The molecule has 0 radical (unpaired) electrons. The zero-order valence-electron chi connectivity index (χ0n) is 19.5. The van der Waals surface area contributed by atoms with E-state index in [0.717, 1.165) is 27.4 Å². The number of para-hydroxylation sites is 1. The molecular weight excluding hydrogens is 440 g/mol. The van der Waals surface area contributed by atoms with Crippen molar-refractivity contribution in [3.05, 3.63) is 122 Å². The highest BCUT2D eigenvalue weighted by molar-refractivity contribution is 7.07. The SMILES string of the molecule is Cc1ccc(-c2csc(=Nc3c(C)n(C)n(-c4ccccc4)c3=O)n2Cc2ccccc2)cc1. The largest absolute Gasteiger partial charge is 0.312 e. The lowest BCUT2D eigenvalue weighted by molar-refractivity contribution is 0.630. The van der Waals surface area contributed by atoms with Gasteiger partial charge in [-0.25, -0.2) is 9.67 Å². The minimum absolute atomic E-state index is 0.122. The van der Waals surface area contributed by atoms with Gasteiger partial charge in [0.1, 0.15) is 0 Å². The molecule has 2 aromatic heterocycles. The predicted molar refractivity (Wildman–Crippen MR) is 139 cm³/mol. The van der Waals surface area contributed by atoms with Crippen molar-refractivity contribution in [1.82, 2.24) is 13.9 Å². The van der Waals surface area contributed by atoms with Crippen LogP contribution in [0, 0.1) is 13.8 Å². The van der Waals surface area contributed by atoms with Gasteiger partial charge in [-0.2, -0.15) is 0 Å². The van der Waals surface area contributed by atoms with Gasteiger partial charge in [-0.05, 0) is 37.1 Å². The molecule has 0 unspecified atom stereocenters. The highest BCUT2D eigenvalue weighted by Gasteiger charge is 2.17. The van der Waals surface area contributed by atoms with Crippen LogP contribution in [-0.4, -0.2) is 13.9 Å². The monoisotopic (exact) mass is 466 g/mol. The zero-order valence-corrected chi connectivity index (χ0v) is 20.3. The Morgan fingerprint density at radius 2 is 1.50 bits per heavy atom. The van der Waals surface area contributed by atoms with E-state index in [1.54, 1.807) is 16.0 Å². The van der Waals surface area contributed by atoms with Crippen LogP contribution in [0.15, 0.2) is 100 Å². The van der Waals surface area contributed by atoms with Gasteiger partial charge < -0.3 is 4.57 Å². The number of nitrogens with zero attached hydrogens (tertiary/aromatic N) is 4. The average molecular weight is 467 g/mol. The lowest BCUT2D eigenvalue weighted by Crippen LogP contribution is -2.20. The molecule has 34 heavy (non-hydrogen) atoms. The lowest BCUT2D eigenvalue weighted by atomic mass is 10.1. The van der Waals surface area contributed by atoms with Crippen LogP contribution in [0.1, 0.15) is 16.8 Å². The van der Waals surface area contributed by atoms with Crippen LogP contribution in [-0.2, 0) is 13.6 Å². The van der Waals surface area contributed by atoms with Gasteiger partial charge in [0, 0.05) is 12.4 Å². The minimum atomic E-state index is -0.122. The average Bonchev–Trinajstić information content (AvgIpc) is 3.34. The van der Waals surface area contributed by atoms with E-state index in [9.17, 15) is 4.79 Å². The second kappa shape index (κ2) is 9.15. The van der Waals surface area contributed by atoms with Gasteiger partial charge in [-0.15, -0.1) is 11.3 Å². The van der Waals surface area contributed by atoms with Crippen molar-refractivity contribution in [2.24, 2.45) is 12.0 Å². The van der Waals surface area contributed by atoms with E-state index < -0.39 is 0 Å². The second-order valence-corrected chi connectivity index (χ2v) is 9.20. The van der Waals surface area contributed by atoms with E-state index in [1.807, 2.05) is 67.2 Å². The maximum atomic E-state index is 13.4. The van der Waals surface area contributed by atoms with E-state index in [2.05, 4.69) is 53.3 Å². The number of thiazole rings is 1.